The van der Waals surface area contributed by atoms with E-state index in [1.807, 2.05) is 6.92 Å². The highest BCUT2D eigenvalue weighted by molar-refractivity contribution is 5.94. The highest BCUT2D eigenvalue weighted by atomic mass is 16.9. The van der Waals surface area contributed by atoms with Crippen molar-refractivity contribution in [2.75, 3.05) is 6.54 Å². The third-order valence-electron chi connectivity index (χ3n) is 1.32. The molecule has 0 bridgehead atoms. The van der Waals surface area contributed by atoms with E-state index in [2.05, 4.69) is 0 Å². The number of rotatable bonds is 3. The molecule has 88 valence electrons. The van der Waals surface area contributed by atoms with Crippen LogP contribution in [-0.2, 0) is 0 Å². The maximum Gasteiger partial charge on any atom is 0.291 e. The minimum Gasteiger partial charge on any atom is -0.370 e. The highest BCUT2D eigenvalue weighted by Crippen LogP contribution is 1.92. The number of unbranched alkanes of at least 4 members (excludes halogenated alkanes) is 1. The molecule has 0 spiro atoms. The summed E-state index contributed by atoms with van der Waals surface area (Å²) in [4.78, 5) is 9.63. The van der Waals surface area contributed by atoms with Gasteiger partial charge in [0.05, 0.1) is 0 Å². The Morgan fingerprint density at radius 3 is 2.00 bits per heavy atom. The summed E-state index contributed by atoms with van der Waals surface area (Å²) in [5.41, 5.74) is 10.3. The van der Waals surface area contributed by atoms with Crippen molar-refractivity contribution < 1.29 is 10.3 Å². The lowest BCUT2D eigenvalue weighted by Gasteiger charge is -2.19. The van der Waals surface area contributed by atoms with E-state index < -0.39 is 5.09 Å². The highest BCUT2D eigenvalue weighted by Gasteiger charge is 2.07. The second-order valence-electron chi connectivity index (χ2n) is 2.51. The van der Waals surface area contributed by atoms with Crippen LogP contribution in [0.3, 0.4) is 0 Å². The van der Waals surface area contributed by atoms with Crippen molar-refractivity contribution in [2.45, 2.75) is 19.8 Å². The molecule has 0 aromatic rings. The minimum absolute atomic E-state index is 0.161. The molecule has 0 aromatic heterocycles. The van der Waals surface area contributed by atoms with Crippen LogP contribution in [0.5, 0.6) is 0 Å². The summed E-state index contributed by atoms with van der Waals surface area (Å²) in [5, 5.41) is 27.7. The molecule has 0 aliphatic carbocycles. The number of nitrogens with two attached hydrogens (primary N) is 2. The normalized spacial score (nSPS) is 8.33. The Kier molecular flexibility index (Phi) is 8.77. The molecule has 0 fully saturated rings. The molecule has 0 radical (unpaired) electrons. The predicted octanol–water partition coefficient (Wildman–Crippen LogP) is -0.472. The fraction of sp³-hybridized carbons (Fsp3) is 0.667. The molecule has 0 unspecified atom stereocenters. The van der Waals surface area contributed by atoms with E-state index in [9.17, 15) is 0 Å². The molecule has 0 rings (SSSR count). The summed E-state index contributed by atoms with van der Waals surface area (Å²) >= 11 is 0. The molecule has 0 amide bonds. The number of nitrogens with one attached hydrogen (secondary N) is 2. The first-order valence-electron chi connectivity index (χ1n) is 4.11. The number of guanidine groups is 2. The average Bonchev–Trinajstić information content (AvgIpc) is 2.02. The van der Waals surface area contributed by atoms with Crippen LogP contribution in [0.4, 0.5) is 0 Å². The smallest absolute Gasteiger partial charge is 0.291 e. The molecule has 0 heterocycles. The van der Waals surface area contributed by atoms with Gasteiger partial charge in [-0.3, -0.25) is 15.7 Å². The van der Waals surface area contributed by atoms with Crippen molar-refractivity contribution >= 4 is 11.9 Å². The molecule has 0 aromatic carbocycles. The topological polar surface area (TPSA) is 166 Å². The third-order valence-corrected chi connectivity index (χ3v) is 1.32. The summed E-state index contributed by atoms with van der Waals surface area (Å²) in [6, 6.07) is 0. The Labute approximate surface area is 86.8 Å². The van der Waals surface area contributed by atoms with Gasteiger partial charge in [-0.1, -0.05) is 13.3 Å². The van der Waals surface area contributed by atoms with Crippen molar-refractivity contribution in [1.82, 2.24) is 4.90 Å². The Morgan fingerprint density at radius 1 is 1.47 bits per heavy atom. The fourth-order valence-corrected chi connectivity index (χ4v) is 0.687. The van der Waals surface area contributed by atoms with Gasteiger partial charge in [0.25, 0.3) is 5.09 Å². The van der Waals surface area contributed by atoms with Crippen molar-refractivity contribution in [1.29, 1.82) is 10.8 Å². The van der Waals surface area contributed by atoms with Crippen LogP contribution >= 0.6 is 0 Å². The van der Waals surface area contributed by atoms with Crippen molar-refractivity contribution in [3.05, 3.63) is 10.1 Å². The van der Waals surface area contributed by atoms with Crippen molar-refractivity contribution in [2.24, 2.45) is 11.5 Å². The molecule has 0 saturated heterocycles. The van der Waals surface area contributed by atoms with Gasteiger partial charge in [0.15, 0.2) is 11.9 Å². The first-order valence-corrected chi connectivity index (χ1v) is 4.11. The van der Waals surface area contributed by atoms with Crippen LogP contribution < -0.4 is 11.5 Å². The quantitative estimate of drug-likeness (QED) is 0.186. The van der Waals surface area contributed by atoms with Crippen LogP contribution in [0.25, 0.3) is 0 Å². The van der Waals surface area contributed by atoms with Crippen LogP contribution in [0, 0.1) is 20.9 Å². The average molecular weight is 220 g/mol. The fourth-order valence-electron chi connectivity index (χ4n) is 0.687. The summed E-state index contributed by atoms with van der Waals surface area (Å²) in [6.45, 7) is 2.58. The standard InChI is InChI=1S/C6H15N5.HNO3/c1-2-3-4-11(5(7)8)6(9)10;2-1(3)4/h2-4H2,1H3,(H3,7,8)(H3,9,10);(H,2,3,4). The molecule has 15 heavy (non-hydrogen) atoms. The lowest BCUT2D eigenvalue weighted by atomic mass is 10.3. The molecular weight excluding hydrogens is 204 g/mol. The van der Waals surface area contributed by atoms with Crippen LogP contribution in [-0.4, -0.2) is 33.7 Å². The van der Waals surface area contributed by atoms with E-state index in [-0.39, 0.29) is 11.9 Å². The van der Waals surface area contributed by atoms with Gasteiger partial charge < -0.3 is 16.7 Å². The Morgan fingerprint density at radius 2 is 1.80 bits per heavy atom. The predicted molar refractivity (Wildman–Crippen MR) is 54.2 cm³/mol. The molecule has 9 heteroatoms. The monoisotopic (exact) mass is 220 g/mol. The van der Waals surface area contributed by atoms with Gasteiger partial charge in [-0.15, -0.1) is 10.1 Å². The Hall–Kier alpha value is -2.06. The maximum absolute atomic E-state index is 8.36. The zero-order valence-electron chi connectivity index (χ0n) is 8.43. The van der Waals surface area contributed by atoms with Gasteiger partial charge in [-0.2, -0.15) is 0 Å². The minimum atomic E-state index is -1.50. The summed E-state index contributed by atoms with van der Waals surface area (Å²) < 4.78 is 0. The molecule has 0 atom stereocenters. The van der Waals surface area contributed by atoms with E-state index >= 15 is 0 Å². The summed E-state index contributed by atoms with van der Waals surface area (Å²) in [7, 11) is 0. The van der Waals surface area contributed by atoms with Gasteiger partial charge in [0.1, 0.15) is 0 Å². The van der Waals surface area contributed by atoms with Crippen molar-refractivity contribution in [3.8, 4) is 0 Å². The zero-order chi connectivity index (χ0) is 12.4. The SMILES string of the molecule is CCCCN(C(=N)N)C(=N)N.O=[N+]([O-])O. The van der Waals surface area contributed by atoms with Gasteiger partial charge in [-0.05, 0) is 6.42 Å². The first kappa shape index (κ1) is 15.4. The molecule has 0 aliphatic rings. The van der Waals surface area contributed by atoms with Crippen LogP contribution in [0.15, 0.2) is 0 Å². The Bertz CT molecular complexity index is 213. The van der Waals surface area contributed by atoms with Gasteiger partial charge in [-0.25, -0.2) is 0 Å². The lowest BCUT2D eigenvalue weighted by molar-refractivity contribution is -0.742. The molecule has 0 saturated carbocycles. The third kappa shape index (κ3) is 11.9. The molecular formula is C6H16N6O3. The van der Waals surface area contributed by atoms with Crippen molar-refractivity contribution in [3.63, 3.8) is 0 Å². The van der Waals surface area contributed by atoms with E-state index in [1.54, 1.807) is 0 Å². The van der Waals surface area contributed by atoms with E-state index in [0.29, 0.717) is 6.54 Å². The van der Waals surface area contributed by atoms with E-state index in [0.717, 1.165) is 12.8 Å². The van der Waals surface area contributed by atoms with E-state index in [1.165, 1.54) is 4.90 Å². The number of hydrogen-bond donors (Lipinski definition) is 5. The van der Waals surface area contributed by atoms with Crippen LogP contribution in [0.1, 0.15) is 19.8 Å². The summed E-state index contributed by atoms with van der Waals surface area (Å²) in [5.74, 6) is -0.322. The van der Waals surface area contributed by atoms with E-state index in [4.69, 9.17) is 37.6 Å². The number of hydrogen-bond acceptors (Lipinski definition) is 4. The molecule has 0 aliphatic heterocycles. The molecule has 9 nitrogen and oxygen atoms in total. The Balaban J connectivity index is 0. The zero-order valence-corrected chi connectivity index (χ0v) is 8.43. The largest absolute Gasteiger partial charge is 0.370 e. The lowest BCUT2D eigenvalue weighted by Crippen LogP contribution is -2.45. The van der Waals surface area contributed by atoms with Crippen LogP contribution in [0.2, 0.25) is 0 Å². The second kappa shape index (κ2) is 8.53. The molecule has 7 N–H and O–H groups in total. The summed E-state index contributed by atoms with van der Waals surface area (Å²) in [6.07, 6.45) is 1.89. The van der Waals surface area contributed by atoms with Gasteiger partial charge in [0.2, 0.25) is 0 Å². The number of nitrogens with zero attached hydrogens (tertiary/aromatic N) is 2. The first-order chi connectivity index (χ1) is 6.82. The maximum atomic E-state index is 8.36. The van der Waals surface area contributed by atoms with Gasteiger partial charge in [0, 0.05) is 6.54 Å². The second-order valence-corrected chi connectivity index (χ2v) is 2.51. The van der Waals surface area contributed by atoms with Gasteiger partial charge >= 0.3 is 0 Å².